The summed E-state index contributed by atoms with van der Waals surface area (Å²) in [6.45, 7) is 1.79. The van der Waals surface area contributed by atoms with E-state index in [0.717, 1.165) is 0 Å². The van der Waals surface area contributed by atoms with Crippen molar-refractivity contribution in [2.45, 2.75) is 0 Å². The van der Waals surface area contributed by atoms with Crippen LogP contribution in [0.5, 0.6) is 0 Å². The van der Waals surface area contributed by atoms with E-state index in [4.69, 9.17) is 4.74 Å². The molecule has 0 bridgehead atoms. The summed E-state index contributed by atoms with van der Waals surface area (Å²) < 4.78 is 6.45. The Bertz CT molecular complexity index is 977. The molecular formula is C18H18N4O6. The van der Waals surface area contributed by atoms with Crippen LogP contribution >= 0.6 is 0 Å². The molecule has 1 aliphatic rings. The van der Waals surface area contributed by atoms with Gasteiger partial charge < -0.3 is 19.5 Å². The van der Waals surface area contributed by atoms with Crippen molar-refractivity contribution in [1.82, 2.24) is 9.47 Å². The third kappa shape index (κ3) is 4.07. The molecular weight excluding hydrogens is 368 g/mol. The van der Waals surface area contributed by atoms with Crippen molar-refractivity contribution in [3.05, 3.63) is 68.1 Å². The zero-order valence-corrected chi connectivity index (χ0v) is 15.1. The van der Waals surface area contributed by atoms with Crippen LogP contribution in [0, 0.1) is 10.1 Å². The number of ether oxygens (including phenoxy) is 1. The average Bonchev–Trinajstić information content (AvgIpc) is 2.71. The van der Waals surface area contributed by atoms with Gasteiger partial charge in [-0.05, 0) is 18.2 Å². The summed E-state index contributed by atoms with van der Waals surface area (Å²) in [6, 6.07) is 6.32. The van der Waals surface area contributed by atoms with Crippen molar-refractivity contribution in [2.24, 2.45) is 7.05 Å². The Morgan fingerprint density at radius 1 is 1.14 bits per heavy atom. The van der Waals surface area contributed by atoms with Crippen LogP contribution in [-0.4, -0.2) is 52.5 Å². The fourth-order valence-corrected chi connectivity index (χ4v) is 2.80. The highest BCUT2D eigenvalue weighted by molar-refractivity contribution is 6.05. The Morgan fingerprint density at radius 2 is 1.79 bits per heavy atom. The lowest BCUT2D eigenvalue weighted by molar-refractivity contribution is -0.384. The summed E-state index contributed by atoms with van der Waals surface area (Å²) in [6.07, 6.45) is 1.42. The monoisotopic (exact) mass is 386 g/mol. The van der Waals surface area contributed by atoms with Crippen molar-refractivity contribution in [1.29, 1.82) is 0 Å². The molecule has 10 heteroatoms. The van der Waals surface area contributed by atoms with Crippen LogP contribution in [0.3, 0.4) is 0 Å². The molecule has 1 saturated heterocycles. The first-order valence-corrected chi connectivity index (χ1v) is 8.50. The molecule has 1 aliphatic heterocycles. The van der Waals surface area contributed by atoms with E-state index in [9.17, 15) is 24.5 Å². The highest BCUT2D eigenvalue weighted by Gasteiger charge is 2.21. The molecule has 0 radical (unpaired) electrons. The third-order valence-corrected chi connectivity index (χ3v) is 4.32. The zero-order chi connectivity index (χ0) is 20.3. The summed E-state index contributed by atoms with van der Waals surface area (Å²) in [5.41, 5.74) is -0.259. The maximum atomic E-state index is 12.7. The van der Waals surface area contributed by atoms with Gasteiger partial charge in [-0.3, -0.25) is 24.5 Å². The predicted molar refractivity (Wildman–Crippen MR) is 99.5 cm³/mol. The quantitative estimate of drug-likeness (QED) is 0.618. The van der Waals surface area contributed by atoms with Crippen LogP contribution in [0.25, 0.3) is 0 Å². The van der Waals surface area contributed by atoms with Gasteiger partial charge in [0.2, 0.25) is 0 Å². The molecule has 2 aromatic rings. The lowest BCUT2D eigenvalue weighted by atomic mass is 10.1. The first-order chi connectivity index (χ1) is 13.4. The van der Waals surface area contributed by atoms with E-state index in [0.29, 0.717) is 26.3 Å². The number of aryl methyl sites for hydroxylation is 1. The maximum Gasteiger partial charge on any atom is 0.274 e. The van der Waals surface area contributed by atoms with Gasteiger partial charge in [-0.2, -0.15) is 0 Å². The number of anilines is 1. The minimum atomic E-state index is -0.608. The van der Waals surface area contributed by atoms with Crippen LogP contribution in [0.1, 0.15) is 20.7 Å². The molecule has 10 nitrogen and oxygen atoms in total. The van der Waals surface area contributed by atoms with E-state index in [1.807, 2.05) is 0 Å². The molecule has 2 heterocycles. The molecule has 1 fully saturated rings. The normalized spacial score (nSPS) is 13.8. The van der Waals surface area contributed by atoms with Crippen molar-refractivity contribution >= 4 is 23.2 Å². The van der Waals surface area contributed by atoms with Crippen LogP contribution in [0.2, 0.25) is 0 Å². The fraction of sp³-hybridized carbons (Fsp3) is 0.278. The Balaban J connectivity index is 1.83. The van der Waals surface area contributed by atoms with E-state index in [-0.39, 0.29) is 28.4 Å². The lowest BCUT2D eigenvalue weighted by Crippen LogP contribution is -2.41. The number of carbonyl (C=O) groups is 2. The Morgan fingerprint density at radius 3 is 2.39 bits per heavy atom. The van der Waals surface area contributed by atoms with E-state index < -0.39 is 16.4 Å². The summed E-state index contributed by atoms with van der Waals surface area (Å²) in [5, 5.41) is 13.2. The van der Waals surface area contributed by atoms with Crippen molar-refractivity contribution in [3.63, 3.8) is 0 Å². The molecule has 146 valence electrons. The Kier molecular flexibility index (Phi) is 5.50. The van der Waals surface area contributed by atoms with E-state index in [1.54, 1.807) is 4.90 Å². The number of nitro benzene ring substituents is 1. The van der Waals surface area contributed by atoms with Gasteiger partial charge in [0.1, 0.15) is 5.69 Å². The third-order valence-electron chi connectivity index (χ3n) is 4.32. The average molecular weight is 386 g/mol. The smallest absolute Gasteiger partial charge is 0.274 e. The van der Waals surface area contributed by atoms with Crippen molar-refractivity contribution < 1.29 is 19.2 Å². The summed E-state index contributed by atoms with van der Waals surface area (Å²) in [4.78, 5) is 49.1. The second-order valence-electron chi connectivity index (χ2n) is 6.22. The topological polar surface area (TPSA) is 124 Å². The number of hydrogen-bond donors (Lipinski definition) is 1. The molecule has 0 spiro atoms. The number of rotatable bonds is 4. The second kappa shape index (κ2) is 8.01. The first-order valence-electron chi connectivity index (χ1n) is 8.50. The maximum absolute atomic E-state index is 12.7. The van der Waals surface area contributed by atoms with Crippen LogP contribution < -0.4 is 10.9 Å². The van der Waals surface area contributed by atoms with Crippen LogP contribution in [-0.2, 0) is 11.8 Å². The molecule has 0 unspecified atom stereocenters. The second-order valence-corrected chi connectivity index (χ2v) is 6.22. The van der Waals surface area contributed by atoms with Gasteiger partial charge in [0.15, 0.2) is 0 Å². The largest absolute Gasteiger partial charge is 0.378 e. The number of nitro groups is 1. The SMILES string of the molecule is Cn1cc(C(=O)N2CCOCC2)cc(NC(=O)c2ccc([N+](=O)[O-])cc2)c1=O. The number of amides is 2. The Labute approximate surface area is 159 Å². The highest BCUT2D eigenvalue weighted by atomic mass is 16.6. The van der Waals surface area contributed by atoms with E-state index in [1.165, 1.54) is 48.1 Å². The molecule has 3 rings (SSSR count). The van der Waals surface area contributed by atoms with Gasteiger partial charge in [0.05, 0.1) is 23.7 Å². The minimum absolute atomic E-state index is 0.0510. The van der Waals surface area contributed by atoms with Gasteiger partial charge in [-0.1, -0.05) is 0 Å². The highest BCUT2D eigenvalue weighted by Crippen LogP contribution is 2.14. The number of benzene rings is 1. The van der Waals surface area contributed by atoms with Gasteiger partial charge in [0, 0.05) is 44.0 Å². The number of pyridine rings is 1. The van der Waals surface area contributed by atoms with Crippen molar-refractivity contribution in [2.75, 3.05) is 31.6 Å². The first kappa shape index (κ1) is 19.2. The fourth-order valence-electron chi connectivity index (χ4n) is 2.80. The molecule has 1 N–H and O–H groups in total. The number of nitrogens with zero attached hydrogens (tertiary/aromatic N) is 3. The van der Waals surface area contributed by atoms with Gasteiger partial charge in [-0.15, -0.1) is 0 Å². The number of nitrogens with one attached hydrogen (secondary N) is 1. The predicted octanol–water partition coefficient (Wildman–Crippen LogP) is 1.02. The Hall–Kier alpha value is -3.53. The van der Waals surface area contributed by atoms with E-state index in [2.05, 4.69) is 5.32 Å². The molecule has 0 aliphatic carbocycles. The minimum Gasteiger partial charge on any atom is -0.378 e. The molecule has 2 amide bonds. The number of non-ortho nitro benzene ring substituents is 1. The van der Waals surface area contributed by atoms with Gasteiger partial charge in [0.25, 0.3) is 23.1 Å². The van der Waals surface area contributed by atoms with Crippen LogP contribution in [0.15, 0.2) is 41.3 Å². The molecule has 0 saturated carbocycles. The standard InChI is InChI=1S/C18H18N4O6/c1-20-11-13(17(24)21-6-8-28-9-7-21)10-15(18(20)25)19-16(23)12-2-4-14(5-3-12)22(26)27/h2-5,10-11H,6-9H2,1H3,(H,19,23). The van der Waals surface area contributed by atoms with Crippen molar-refractivity contribution in [3.8, 4) is 0 Å². The lowest BCUT2D eigenvalue weighted by Gasteiger charge is -2.27. The van der Waals surface area contributed by atoms with Gasteiger partial charge in [-0.25, -0.2) is 0 Å². The van der Waals surface area contributed by atoms with E-state index >= 15 is 0 Å². The number of aromatic nitrogens is 1. The summed E-state index contributed by atoms with van der Waals surface area (Å²) >= 11 is 0. The summed E-state index contributed by atoms with van der Waals surface area (Å²) in [5.74, 6) is -0.868. The zero-order valence-electron chi connectivity index (χ0n) is 15.1. The summed E-state index contributed by atoms with van der Waals surface area (Å²) in [7, 11) is 1.49. The number of hydrogen-bond acceptors (Lipinski definition) is 6. The molecule has 28 heavy (non-hydrogen) atoms. The van der Waals surface area contributed by atoms with Crippen LogP contribution in [0.4, 0.5) is 11.4 Å². The van der Waals surface area contributed by atoms with Gasteiger partial charge >= 0.3 is 0 Å². The molecule has 1 aromatic heterocycles. The number of morpholine rings is 1. The molecule has 1 aromatic carbocycles. The number of carbonyl (C=O) groups excluding carboxylic acids is 2. The molecule has 0 atom stereocenters.